The van der Waals surface area contributed by atoms with E-state index >= 15 is 0 Å². The van der Waals surface area contributed by atoms with Gasteiger partial charge in [0.1, 0.15) is 11.5 Å². The number of phenolic OH excluding ortho intramolecular Hbond substituents is 2. The zero-order valence-electron chi connectivity index (χ0n) is 14.4. The van der Waals surface area contributed by atoms with Crippen molar-refractivity contribution in [3.63, 3.8) is 0 Å². The fourth-order valence-corrected chi connectivity index (χ4v) is 3.14. The van der Waals surface area contributed by atoms with Crippen molar-refractivity contribution in [3.8, 4) is 11.5 Å². The zero-order valence-corrected chi connectivity index (χ0v) is 14.4. The number of anilines is 2. The van der Waals surface area contributed by atoms with E-state index in [0.29, 0.717) is 16.9 Å². The molecule has 0 fully saturated rings. The summed E-state index contributed by atoms with van der Waals surface area (Å²) in [5.41, 5.74) is 1.46. The molecule has 4 aromatic carbocycles. The third kappa shape index (κ3) is 3.09. The number of carbonyl (C=O) groups excluding carboxylic acids is 1. The molecule has 0 saturated heterocycles. The molecule has 4 heteroatoms. The summed E-state index contributed by atoms with van der Waals surface area (Å²) < 4.78 is 0. The molecule has 0 saturated carbocycles. The molecule has 0 spiro atoms. The molecule has 0 aromatic heterocycles. The maximum absolute atomic E-state index is 13.4. The molecule has 0 aliphatic heterocycles. The fourth-order valence-electron chi connectivity index (χ4n) is 3.14. The predicted octanol–water partition coefficient (Wildman–Crippen LogP) is 5.23. The number of nitrogens with zero attached hydrogens (tertiary/aromatic N) is 1. The molecule has 0 heterocycles. The van der Waals surface area contributed by atoms with Gasteiger partial charge >= 0.3 is 0 Å². The summed E-state index contributed by atoms with van der Waals surface area (Å²) in [6.07, 6.45) is 0. The molecule has 0 unspecified atom stereocenters. The Morgan fingerprint density at radius 3 is 2.11 bits per heavy atom. The molecule has 4 aromatic rings. The van der Waals surface area contributed by atoms with Crippen LogP contribution in [0.15, 0.2) is 91.0 Å². The van der Waals surface area contributed by atoms with Gasteiger partial charge in [-0.05, 0) is 47.9 Å². The van der Waals surface area contributed by atoms with Gasteiger partial charge in [0.15, 0.2) is 0 Å². The molecule has 0 atom stereocenters. The normalized spacial score (nSPS) is 10.7. The molecule has 0 aliphatic carbocycles. The average molecular weight is 355 g/mol. The Kier molecular flexibility index (Phi) is 4.22. The Morgan fingerprint density at radius 1 is 0.704 bits per heavy atom. The summed E-state index contributed by atoms with van der Waals surface area (Å²) in [5, 5.41) is 22.0. The zero-order chi connectivity index (χ0) is 18.8. The lowest BCUT2D eigenvalue weighted by atomic mass is 10.0. The van der Waals surface area contributed by atoms with E-state index in [9.17, 15) is 15.0 Å². The monoisotopic (exact) mass is 355 g/mol. The van der Waals surface area contributed by atoms with Gasteiger partial charge in [-0.15, -0.1) is 0 Å². The SMILES string of the molecule is O=C(c1ccccc1)N(c1ccc(O)cc1)c1c(O)ccc2ccccc12. The molecular formula is C23H17NO3. The number of hydrogen-bond donors (Lipinski definition) is 2. The molecule has 0 radical (unpaired) electrons. The van der Waals surface area contributed by atoms with Crippen molar-refractivity contribution >= 4 is 28.1 Å². The minimum Gasteiger partial charge on any atom is -0.508 e. The first kappa shape index (κ1) is 16.7. The topological polar surface area (TPSA) is 60.8 Å². The number of phenols is 2. The Bertz CT molecular complexity index is 1110. The van der Waals surface area contributed by atoms with E-state index in [4.69, 9.17) is 0 Å². The van der Waals surface area contributed by atoms with E-state index in [1.807, 2.05) is 36.4 Å². The van der Waals surface area contributed by atoms with Gasteiger partial charge in [-0.25, -0.2) is 0 Å². The van der Waals surface area contributed by atoms with Gasteiger partial charge in [0.25, 0.3) is 5.91 Å². The molecule has 4 rings (SSSR count). The summed E-state index contributed by atoms with van der Waals surface area (Å²) in [4.78, 5) is 14.9. The molecule has 27 heavy (non-hydrogen) atoms. The number of rotatable bonds is 3. The molecule has 1 amide bonds. The highest BCUT2D eigenvalue weighted by molar-refractivity contribution is 6.16. The predicted molar refractivity (Wildman–Crippen MR) is 107 cm³/mol. The van der Waals surface area contributed by atoms with Crippen LogP contribution in [0, 0.1) is 0 Å². The van der Waals surface area contributed by atoms with Crippen molar-refractivity contribution < 1.29 is 15.0 Å². The minimum atomic E-state index is -0.270. The van der Waals surface area contributed by atoms with E-state index in [2.05, 4.69) is 0 Å². The molecule has 4 nitrogen and oxygen atoms in total. The first-order chi connectivity index (χ1) is 13.1. The third-order valence-electron chi connectivity index (χ3n) is 4.43. The van der Waals surface area contributed by atoms with Crippen LogP contribution in [0.1, 0.15) is 10.4 Å². The highest BCUT2D eigenvalue weighted by Gasteiger charge is 2.24. The van der Waals surface area contributed by atoms with Crippen LogP contribution in [-0.2, 0) is 0 Å². The number of carbonyl (C=O) groups is 1. The maximum atomic E-state index is 13.4. The van der Waals surface area contributed by atoms with Gasteiger partial charge in [-0.3, -0.25) is 9.69 Å². The largest absolute Gasteiger partial charge is 0.508 e. The van der Waals surface area contributed by atoms with Gasteiger partial charge in [0.05, 0.1) is 5.69 Å². The van der Waals surface area contributed by atoms with Gasteiger partial charge in [-0.2, -0.15) is 0 Å². The number of fused-ring (bicyclic) bond motifs is 1. The van der Waals surface area contributed by atoms with E-state index in [1.165, 1.54) is 17.0 Å². The molecule has 2 N–H and O–H groups in total. The highest BCUT2D eigenvalue weighted by atomic mass is 16.3. The summed E-state index contributed by atoms with van der Waals surface area (Å²) in [6.45, 7) is 0. The van der Waals surface area contributed by atoms with Crippen LogP contribution in [0.25, 0.3) is 10.8 Å². The Hall–Kier alpha value is -3.79. The van der Waals surface area contributed by atoms with Crippen molar-refractivity contribution in [2.24, 2.45) is 0 Å². The van der Waals surface area contributed by atoms with Crippen LogP contribution >= 0.6 is 0 Å². The lowest BCUT2D eigenvalue weighted by Gasteiger charge is -2.25. The number of amides is 1. The van der Waals surface area contributed by atoms with E-state index in [-0.39, 0.29) is 17.4 Å². The van der Waals surface area contributed by atoms with Crippen LogP contribution < -0.4 is 4.90 Å². The quantitative estimate of drug-likeness (QED) is 0.529. The van der Waals surface area contributed by atoms with Gasteiger partial charge in [-0.1, -0.05) is 48.5 Å². The minimum absolute atomic E-state index is 0.00561. The highest BCUT2D eigenvalue weighted by Crippen LogP contribution is 2.40. The van der Waals surface area contributed by atoms with Crippen LogP contribution in [0.4, 0.5) is 11.4 Å². The van der Waals surface area contributed by atoms with Crippen LogP contribution in [-0.4, -0.2) is 16.1 Å². The second kappa shape index (κ2) is 6.84. The number of aromatic hydroxyl groups is 2. The van der Waals surface area contributed by atoms with Crippen molar-refractivity contribution in [2.75, 3.05) is 4.90 Å². The first-order valence-corrected chi connectivity index (χ1v) is 8.54. The summed E-state index contributed by atoms with van der Waals surface area (Å²) >= 11 is 0. The van der Waals surface area contributed by atoms with Crippen molar-refractivity contribution in [1.29, 1.82) is 0 Å². The second-order valence-corrected chi connectivity index (χ2v) is 6.18. The van der Waals surface area contributed by atoms with Crippen molar-refractivity contribution in [2.45, 2.75) is 0 Å². The van der Waals surface area contributed by atoms with E-state index < -0.39 is 0 Å². The molecular weight excluding hydrogens is 338 g/mol. The maximum Gasteiger partial charge on any atom is 0.262 e. The van der Waals surface area contributed by atoms with Crippen molar-refractivity contribution in [3.05, 3.63) is 96.6 Å². The van der Waals surface area contributed by atoms with Gasteiger partial charge < -0.3 is 10.2 Å². The molecule has 132 valence electrons. The Labute approximate surface area is 156 Å². The Morgan fingerprint density at radius 2 is 1.37 bits per heavy atom. The summed E-state index contributed by atoms with van der Waals surface area (Å²) in [5.74, 6) is -0.160. The van der Waals surface area contributed by atoms with Crippen LogP contribution in [0.5, 0.6) is 11.5 Å². The second-order valence-electron chi connectivity index (χ2n) is 6.18. The summed E-state index contributed by atoms with van der Waals surface area (Å²) in [6, 6.07) is 26.2. The summed E-state index contributed by atoms with van der Waals surface area (Å²) in [7, 11) is 0. The fraction of sp³-hybridized carbons (Fsp3) is 0. The first-order valence-electron chi connectivity index (χ1n) is 8.54. The van der Waals surface area contributed by atoms with E-state index in [1.54, 1.807) is 42.5 Å². The number of hydrogen-bond acceptors (Lipinski definition) is 3. The molecule has 0 aliphatic rings. The van der Waals surface area contributed by atoms with Crippen LogP contribution in [0.2, 0.25) is 0 Å². The van der Waals surface area contributed by atoms with Gasteiger partial charge in [0.2, 0.25) is 0 Å². The Balaban J connectivity index is 1.98. The number of benzene rings is 4. The smallest absolute Gasteiger partial charge is 0.262 e. The van der Waals surface area contributed by atoms with Crippen LogP contribution in [0.3, 0.4) is 0 Å². The third-order valence-corrected chi connectivity index (χ3v) is 4.43. The van der Waals surface area contributed by atoms with E-state index in [0.717, 1.165) is 10.8 Å². The molecule has 0 bridgehead atoms. The lowest BCUT2D eigenvalue weighted by Crippen LogP contribution is -2.26. The van der Waals surface area contributed by atoms with Gasteiger partial charge in [0, 0.05) is 16.6 Å². The standard InChI is InChI=1S/C23H17NO3/c25-19-13-11-18(12-14-19)24(23(27)17-7-2-1-3-8-17)22-20-9-5-4-6-16(20)10-15-21(22)26/h1-15,25-26H. The lowest BCUT2D eigenvalue weighted by molar-refractivity contribution is 0.0999. The average Bonchev–Trinajstić information content (AvgIpc) is 2.71. The van der Waals surface area contributed by atoms with Crippen molar-refractivity contribution in [1.82, 2.24) is 0 Å².